The number of nitrogens with one attached hydrogen (secondary N) is 1. The Kier molecular flexibility index (Phi) is 4.25. The molecular weight excluding hydrogens is 234 g/mol. The Bertz CT molecular complexity index is 456. The summed E-state index contributed by atoms with van der Waals surface area (Å²) in [5.41, 5.74) is 4.62. The van der Waals surface area contributed by atoms with Crippen LogP contribution < -0.4 is 11.1 Å². The zero-order chi connectivity index (χ0) is 13.8. The second-order valence-corrected chi connectivity index (χ2v) is 3.99. The van der Waals surface area contributed by atoms with Crippen LogP contribution in [-0.4, -0.2) is 27.5 Å². The summed E-state index contributed by atoms with van der Waals surface area (Å²) in [6.07, 6.45) is 2.01. The fourth-order valence-corrected chi connectivity index (χ4v) is 1.67. The summed E-state index contributed by atoms with van der Waals surface area (Å²) in [6.45, 7) is 3.42. The van der Waals surface area contributed by atoms with Crippen LogP contribution in [0.3, 0.4) is 0 Å². The van der Waals surface area contributed by atoms with Gasteiger partial charge in [0.15, 0.2) is 5.69 Å². The summed E-state index contributed by atoms with van der Waals surface area (Å²) in [7, 11) is 0. The van der Waals surface area contributed by atoms with Crippen molar-refractivity contribution in [1.82, 2.24) is 10.3 Å². The van der Waals surface area contributed by atoms with Crippen molar-refractivity contribution in [2.45, 2.75) is 32.2 Å². The summed E-state index contributed by atoms with van der Waals surface area (Å²) >= 11 is 0. The molecule has 0 saturated heterocycles. The van der Waals surface area contributed by atoms with E-state index in [0.717, 1.165) is 0 Å². The number of nitrogen functional groups attached to an aromatic ring is 1. The van der Waals surface area contributed by atoms with Crippen LogP contribution in [-0.2, 0) is 4.79 Å². The summed E-state index contributed by atoms with van der Waals surface area (Å²) in [4.78, 5) is 27.1. The van der Waals surface area contributed by atoms with E-state index in [1.54, 1.807) is 26.0 Å². The van der Waals surface area contributed by atoms with Crippen molar-refractivity contribution in [2.24, 2.45) is 0 Å². The minimum absolute atomic E-state index is 0.0463. The lowest BCUT2D eigenvalue weighted by atomic mass is 9.92. The van der Waals surface area contributed by atoms with Crippen molar-refractivity contribution in [3.8, 4) is 0 Å². The fourth-order valence-electron chi connectivity index (χ4n) is 1.67. The molecule has 1 amide bonds. The van der Waals surface area contributed by atoms with Crippen molar-refractivity contribution >= 4 is 17.6 Å². The molecule has 18 heavy (non-hydrogen) atoms. The molecule has 0 aromatic carbocycles. The second kappa shape index (κ2) is 5.48. The first-order valence-corrected chi connectivity index (χ1v) is 5.73. The van der Waals surface area contributed by atoms with E-state index in [2.05, 4.69) is 10.3 Å². The maximum absolute atomic E-state index is 12.0. The molecule has 6 heteroatoms. The number of hydrogen-bond donors (Lipinski definition) is 3. The number of nitrogens with two attached hydrogens (primary N) is 1. The number of nitrogens with zero attached hydrogens (tertiary/aromatic N) is 1. The Morgan fingerprint density at radius 3 is 2.50 bits per heavy atom. The Labute approximate surface area is 105 Å². The van der Waals surface area contributed by atoms with E-state index in [1.807, 2.05) is 0 Å². The van der Waals surface area contributed by atoms with Gasteiger partial charge in [-0.05, 0) is 25.0 Å². The van der Waals surface area contributed by atoms with Gasteiger partial charge in [0.05, 0.1) is 5.69 Å². The van der Waals surface area contributed by atoms with Gasteiger partial charge in [-0.3, -0.25) is 4.79 Å². The number of amides is 1. The highest BCUT2D eigenvalue weighted by Gasteiger charge is 2.37. The molecule has 1 heterocycles. The Morgan fingerprint density at radius 1 is 1.44 bits per heavy atom. The average Bonchev–Trinajstić information content (AvgIpc) is 2.36. The Balaban J connectivity index is 3.00. The lowest BCUT2D eigenvalue weighted by molar-refractivity contribution is -0.144. The van der Waals surface area contributed by atoms with Crippen LogP contribution >= 0.6 is 0 Å². The third-order valence-electron chi connectivity index (χ3n) is 3.02. The highest BCUT2D eigenvalue weighted by molar-refractivity contribution is 6.00. The molecule has 1 aromatic heterocycles. The van der Waals surface area contributed by atoms with Gasteiger partial charge in [-0.25, -0.2) is 9.78 Å². The molecule has 1 rings (SSSR count). The van der Waals surface area contributed by atoms with Gasteiger partial charge in [0.2, 0.25) is 0 Å². The normalized spacial score (nSPS) is 11.0. The minimum Gasteiger partial charge on any atom is -0.480 e. The predicted molar refractivity (Wildman–Crippen MR) is 67.1 cm³/mol. The van der Waals surface area contributed by atoms with Gasteiger partial charge in [0.25, 0.3) is 5.91 Å². The van der Waals surface area contributed by atoms with Crippen molar-refractivity contribution in [1.29, 1.82) is 0 Å². The zero-order valence-electron chi connectivity index (χ0n) is 10.4. The number of anilines is 1. The van der Waals surface area contributed by atoms with Crippen LogP contribution in [0.5, 0.6) is 0 Å². The van der Waals surface area contributed by atoms with Gasteiger partial charge in [-0.15, -0.1) is 0 Å². The Hall–Kier alpha value is -2.11. The first kappa shape index (κ1) is 14.0. The molecule has 98 valence electrons. The number of carbonyl (C=O) groups is 2. The fraction of sp³-hybridized carbons (Fsp3) is 0.417. The first-order chi connectivity index (χ1) is 8.46. The van der Waals surface area contributed by atoms with Gasteiger partial charge in [-0.2, -0.15) is 0 Å². The summed E-state index contributed by atoms with van der Waals surface area (Å²) in [6, 6.07) is 3.15. The van der Waals surface area contributed by atoms with E-state index in [0.29, 0.717) is 0 Å². The van der Waals surface area contributed by atoms with Crippen LogP contribution in [0.15, 0.2) is 18.3 Å². The topological polar surface area (TPSA) is 105 Å². The van der Waals surface area contributed by atoms with Crippen LogP contribution in [0, 0.1) is 0 Å². The van der Waals surface area contributed by atoms with Gasteiger partial charge in [-0.1, -0.05) is 13.8 Å². The highest BCUT2D eigenvalue weighted by atomic mass is 16.4. The van der Waals surface area contributed by atoms with Crippen molar-refractivity contribution in [3.05, 3.63) is 24.0 Å². The van der Waals surface area contributed by atoms with Crippen LogP contribution in [0.4, 0.5) is 5.69 Å². The molecule has 0 aliphatic heterocycles. The smallest absolute Gasteiger partial charge is 0.329 e. The molecule has 0 unspecified atom stereocenters. The molecule has 0 radical (unpaired) electrons. The van der Waals surface area contributed by atoms with Gasteiger partial charge >= 0.3 is 5.97 Å². The average molecular weight is 251 g/mol. The number of carbonyl (C=O) groups excluding carboxylic acids is 1. The predicted octanol–water partition coefficient (Wildman–Crippen LogP) is 1.04. The lowest BCUT2D eigenvalue weighted by Gasteiger charge is -2.27. The second-order valence-electron chi connectivity index (χ2n) is 3.99. The van der Waals surface area contributed by atoms with Crippen molar-refractivity contribution < 1.29 is 14.7 Å². The van der Waals surface area contributed by atoms with Crippen LogP contribution in [0.25, 0.3) is 0 Å². The van der Waals surface area contributed by atoms with E-state index in [9.17, 15) is 14.7 Å². The van der Waals surface area contributed by atoms with E-state index >= 15 is 0 Å². The van der Waals surface area contributed by atoms with Crippen molar-refractivity contribution in [2.75, 3.05) is 5.73 Å². The summed E-state index contributed by atoms with van der Waals surface area (Å²) < 4.78 is 0. The van der Waals surface area contributed by atoms with Crippen molar-refractivity contribution in [3.63, 3.8) is 0 Å². The zero-order valence-corrected chi connectivity index (χ0v) is 10.4. The largest absolute Gasteiger partial charge is 0.480 e. The van der Waals surface area contributed by atoms with Crippen LogP contribution in [0.2, 0.25) is 0 Å². The molecule has 4 N–H and O–H groups in total. The quantitative estimate of drug-likeness (QED) is 0.725. The number of pyridine rings is 1. The van der Waals surface area contributed by atoms with E-state index < -0.39 is 17.4 Å². The molecule has 0 bridgehead atoms. The molecule has 6 nitrogen and oxygen atoms in total. The standard InChI is InChI=1S/C12H17N3O3/c1-3-12(4-2,11(17)18)15-10(16)9-8(13)6-5-7-14-9/h5-7H,3-4,13H2,1-2H3,(H,15,16)(H,17,18). The molecule has 0 aliphatic carbocycles. The van der Waals surface area contributed by atoms with Crippen LogP contribution in [0.1, 0.15) is 37.2 Å². The maximum atomic E-state index is 12.0. The molecule has 1 aromatic rings. The van der Waals surface area contributed by atoms with E-state index in [-0.39, 0.29) is 24.2 Å². The summed E-state index contributed by atoms with van der Waals surface area (Å²) in [5, 5.41) is 11.7. The van der Waals surface area contributed by atoms with Gasteiger partial charge in [0, 0.05) is 6.20 Å². The first-order valence-electron chi connectivity index (χ1n) is 5.73. The molecule has 0 aliphatic rings. The van der Waals surface area contributed by atoms with E-state index in [4.69, 9.17) is 5.73 Å². The maximum Gasteiger partial charge on any atom is 0.329 e. The SMILES string of the molecule is CCC(CC)(NC(=O)c1ncccc1N)C(=O)O. The number of carboxylic acids is 1. The summed E-state index contributed by atoms with van der Waals surface area (Å²) in [5.74, 6) is -1.63. The third kappa shape index (κ3) is 2.58. The molecular formula is C12H17N3O3. The van der Waals surface area contributed by atoms with Gasteiger partial charge in [0.1, 0.15) is 5.54 Å². The Morgan fingerprint density at radius 2 is 2.06 bits per heavy atom. The molecule has 0 saturated carbocycles. The number of hydrogen-bond acceptors (Lipinski definition) is 4. The molecule has 0 spiro atoms. The number of carboxylic acid groups (broad SMARTS) is 1. The van der Waals surface area contributed by atoms with Gasteiger partial charge < -0.3 is 16.2 Å². The molecule has 0 atom stereocenters. The minimum atomic E-state index is -1.28. The number of rotatable bonds is 5. The molecule has 0 fully saturated rings. The monoisotopic (exact) mass is 251 g/mol. The number of aliphatic carboxylic acids is 1. The number of aromatic nitrogens is 1. The third-order valence-corrected chi connectivity index (χ3v) is 3.02. The lowest BCUT2D eigenvalue weighted by Crippen LogP contribution is -2.54. The van der Waals surface area contributed by atoms with E-state index in [1.165, 1.54) is 6.20 Å². The highest BCUT2D eigenvalue weighted by Crippen LogP contribution is 2.17.